The number of thiophene rings is 1. The third-order valence-electron chi connectivity index (χ3n) is 3.80. The van der Waals surface area contributed by atoms with Crippen LogP contribution in [0, 0.1) is 13.8 Å². The molecular formula is C16H18N2O4S2. The minimum absolute atomic E-state index is 0.0228. The summed E-state index contributed by atoms with van der Waals surface area (Å²) >= 11 is 1.44. The van der Waals surface area contributed by atoms with Gasteiger partial charge in [-0.15, -0.1) is 11.3 Å². The number of aryl methyl sites for hydroxylation is 2. The molecular weight excluding hydrogens is 348 g/mol. The summed E-state index contributed by atoms with van der Waals surface area (Å²) in [6.07, 6.45) is 0. The van der Waals surface area contributed by atoms with Crippen molar-refractivity contribution in [1.82, 2.24) is 9.88 Å². The van der Waals surface area contributed by atoms with Crippen LogP contribution < -0.4 is 4.72 Å². The van der Waals surface area contributed by atoms with E-state index in [1.807, 2.05) is 30.3 Å². The highest BCUT2D eigenvalue weighted by molar-refractivity contribution is 7.89. The standard InChI is InChI=1S/C16H18N2O4S2/c1-10-15(11(2)22-18-10)24(20,21)17-9-16(3,19)14-8-12-6-4-5-7-13(12)23-14/h4-8,17,19H,9H2,1-3H3/t16-/m1/s1. The van der Waals surface area contributed by atoms with Crippen molar-refractivity contribution in [2.45, 2.75) is 31.3 Å². The Morgan fingerprint density at radius 2 is 2.04 bits per heavy atom. The monoisotopic (exact) mass is 366 g/mol. The van der Waals surface area contributed by atoms with E-state index in [1.165, 1.54) is 11.3 Å². The molecule has 6 nitrogen and oxygen atoms in total. The average molecular weight is 366 g/mol. The van der Waals surface area contributed by atoms with Gasteiger partial charge in [0.15, 0.2) is 5.76 Å². The van der Waals surface area contributed by atoms with E-state index in [4.69, 9.17) is 4.52 Å². The molecule has 24 heavy (non-hydrogen) atoms. The molecule has 2 aromatic heterocycles. The van der Waals surface area contributed by atoms with E-state index >= 15 is 0 Å². The first-order valence-electron chi connectivity index (χ1n) is 7.35. The van der Waals surface area contributed by atoms with Crippen LogP contribution in [-0.2, 0) is 15.6 Å². The lowest BCUT2D eigenvalue weighted by Gasteiger charge is -2.22. The minimum atomic E-state index is -3.81. The molecule has 8 heteroatoms. The predicted octanol–water partition coefficient (Wildman–Crippen LogP) is 2.69. The summed E-state index contributed by atoms with van der Waals surface area (Å²) in [5.74, 6) is 0.224. The van der Waals surface area contributed by atoms with Crippen molar-refractivity contribution in [3.8, 4) is 0 Å². The number of fused-ring (bicyclic) bond motifs is 1. The summed E-state index contributed by atoms with van der Waals surface area (Å²) in [5, 5.41) is 15.4. The van der Waals surface area contributed by atoms with Gasteiger partial charge < -0.3 is 9.63 Å². The van der Waals surface area contributed by atoms with Gasteiger partial charge in [-0.25, -0.2) is 13.1 Å². The largest absolute Gasteiger partial charge is 0.383 e. The highest BCUT2D eigenvalue weighted by atomic mass is 32.2. The lowest BCUT2D eigenvalue weighted by molar-refractivity contribution is 0.0666. The molecule has 0 saturated carbocycles. The Kier molecular flexibility index (Phi) is 4.25. The molecule has 3 aromatic rings. The maximum Gasteiger partial charge on any atom is 0.246 e. The lowest BCUT2D eigenvalue weighted by atomic mass is 10.1. The number of aromatic nitrogens is 1. The van der Waals surface area contributed by atoms with E-state index in [-0.39, 0.29) is 17.2 Å². The second-order valence-corrected chi connectivity index (χ2v) is 8.69. The summed E-state index contributed by atoms with van der Waals surface area (Å²) in [4.78, 5) is 0.722. The minimum Gasteiger partial charge on any atom is -0.383 e. The van der Waals surface area contributed by atoms with Crippen molar-refractivity contribution in [2.75, 3.05) is 6.54 Å². The number of nitrogens with one attached hydrogen (secondary N) is 1. The summed E-state index contributed by atoms with van der Waals surface area (Å²) in [6, 6.07) is 9.66. The van der Waals surface area contributed by atoms with Crippen LogP contribution in [0.2, 0.25) is 0 Å². The van der Waals surface area contributed by atoms with Crippen molar-refractivity contribution in [1.29, 1.82) is 0 Å². The molecule has 0 aliphatic carbocycles. The van der Waals surface area contributed by atoms with Crippen LogP contribution in [0.3, 0.4) is 0 Å². The summed E-state index contributed by atoms with van der Waals surface area (Å²) < 4.78 is 33.3. The second kappa shape index (κ2) is 5.96. The van der Waals surface area contributed by atoms with E-state index in [2.05, 4.69) is 9.88 Å². The number of nitrogens with zero attached hydrogens (tertiary/aromatic N) is 1. The molecule has 3 rings (SSSR count). The number of rotatable bonds is 5. The smallest absolute Gasteiger partial charge is 0.246 e. The van der Waals surface area contributed by atoms with Crippen LogP contribution in [0.1, 0.15) is 23.3 Å². The predicted molar refractivity (Wildman–Crippen MR) is 92.6 cm³/mol. The molecule has 0 spiro atoms. The maximum atomic E-state index is 12.5. The van der Waals surface area contributed by atoms with Crippen LogP contribution in [0.4, 0.5) is 0 Å². The fourth-order valence-corrected chi connectivity index (χ4v) is 5.06. The van der Waals surface area contributed by atoms with Crippen LogP contribution >= 0.6 is 11.3 Å². The molecule has 1 atom stereocenters. The third-order valence-corrected chi connectivity index (χ3v) is 6.81. The summed E-state index contributed by atoms with van der Waals surface area (Å²) in [5.41, 5.74) is -1.03. The normalized spacial score (nSPS) is 14.8. The Morgan fingerprint density at radius 1 is 1.33 bits per heavy atom. The zero-order chi connectivity index (χ0) is 17.5. The topological polar surface area (TPSA) is 92.4 Å². The van der Waals surface area contributed by atoms with Crippen molar-refractivity contribution in [3.05, 3.63) is 46.7 Å². The van der Waals surface area contributed by atoms with E-state index in [0.29, 0.717) is 10.6 Å². The van der Waals surface area contributed by atoms with Gasteiger partial charge in [0.2, 0.25) is 10.0 Å². The number of hydrogen-bond donors (Lipinski definition) is 2. The Labute approximate surface area is 144 Å². The van der Waals surface area contributed by atoms with Gasteiger partial charge in [0.1, 0.15) is 16.2 Å². The molecule has 0 saturated heterocycles. The highest BCUT2D eigenvalue weighted by Gasteiger charge is 2.30. The molecule has 0 fully saturated rings. The van der Waals surface area contributed by atoms with Gasteiger partial charge in [-0.05, 0) is 38.3 Å². The van der Waals surface area contributed by atoms with Gasteiger partial charge in [-0.2, -0.15) is 0 Å². The molecule has 128 valence electrons. The van der Waals surface area contributed by atoms with Crippen molar-refractivity contribution in [3.63, 3.8) is 0 Å². The van der Waals surface area contributed by atoms with Crippen LogP contribution in [0.5, 0.6) is 0 Å². The quantitative estimate of drug-likeness (QED) is 0.724. The lowest BCUT2D eigenvalue weighted by Crippen LogP contribution is -2.38. The first kappa shape index (κ1) is 17.1. The molecule has 2 N–H and O–H groups in total. The molecule has 1 aromatic carbocycles. The van der Waals surface area contributed by atoms with Gasteiger partial charge in [-0.1, -0.05) is 23.4 Å². The molecule has 0 bridgehead atoms. The Balaban J connectivity index is 1.84. The van der Waals surface area contributed by atoms with Crippen LogP contribution in [0.25, 0.3) is 10.1 Å². The summed E-state index contributed by atoms with van der Waals surface area (Å²) in [6.45, 7) is 4.55. The Hall–Kier alpha value is -1.74. The number of benzene rings is 1. The molecule has 0 unspecified atom stereocenters. The fourth-order valence-electron chi connectivity index (χ4n) is 2.50. The zero-order valence-electron chi connectivity index (χ0n) is 13.5. The number of hydrogen-bond acceptors (Lipinski definition) is 6. The Bertz CT molecular complexity index is 934. The van der Waals surface area contributed by atoms with Crippen LogP contribution in [-0.4, -0.2) is 25.2 Å². The molecule has 0 amide bonds. The van der Waals surface area contributed by atoms with E-state index < -0.39 is 15.6 Å². The average Bonchev–Trinajstić information content (AvgIpc) is 3.09. The van der Waals surface area contributed by atoms with Crippen molar-refractivity contribution in [2.24, 2.45) is 0 Å². The molecule has 0 aliphatic heterocycles. The SMILES string of the molecule is Cc1noc(C)c1S(=O)(=O)NC[C@@](C)(O)c1cc2ccccc2s1. The first-order chi connectivity index (χ1) is 11.2. The molecule has 2 heterocycles. The fraction of sp³-hybridized carbons (Fsp3) is 0.312. The van der Waals surface area contributed by atoms with Gasteiger partial charge >= 0.3 is 0 Å². The maximum absolute atomic E-state index is 12.5. The van der Waals surface area contributed by atoms with Gasteiger partial charge in [0.05, 0.1) is 0 Å². The number of aliphatic hydroxyl groups is 1. The number of sulfonamides is 1. The van der Waals surface area contributed by atoms with Gasteiger partial charge in [0.25, 0.3) is 0 Å². The molecule has 0 radical (unpaired) electrons. The Morgan fingerprint density at radius 3 is 2.67 bits per heavy atom. The van der Waals surface area contributed by atoms with Gasteiger partial charge in [0, 0.05) is 16.1 Å². The zero-order valence-corrected chi connectivity index (χ0v) is 15.2. The van der Waals surface area contributed by atoms with Crippen LogP contribution in [0.15, 0.2) is 39.8 Å². The van der Waals surface area contributed by atoms with E-state index in [1.54, 1.807) is 20.8 Å². The summed E-state index contributed by atoms with van der Waals surface area (Å²) in [7, 11) is -3.81. The van der Waals surface area contributed by atoms with E-state index in [9.17, 15) is 13.5 Å². The second-order valence-electron chi connectivity index (χ2n) is 5.90. The highest BCUT2D eigenvalue weighted by Crippen LogP contribution is 2.33. The van der Waals surface area contributed by atoms with Gasteiger partial charge in [-0.3, -0.25) is 0 Å². The van der Waals surface area contributed by atoms with Crippen molar-refractivity contribution >= 4 is 31.4 Å². The third kappa shape index (κ3) is 3.10. The van der Waals surface area contributed by atoms with E-state index in [0.717, 1.165) is 10.1 Å². The van der Waals surface area contributed by atoms with Crippen molar-refractivity contribution < 1.29 is 18.0 Å². The molecule has 0 aliphatic rings. The first-order valence-corrected chi connectivity index (χ1v) is 9.65.